The highest BCUT2D eigenvalue weighted by molar-refractivity contribution is 7.15. The predicted octanol–water partition coefficient (Wildman–Crippen LogP) is 2.12. The van der Waals surface area contributed by atoms with Crippen molar-refractivity contribution in [2.75, 3.05) is 25.2 Å². The largest absolute Gasteiger partial charge is 0.388 e. The van der Waals surface area contributed by atoms with Crippen LogP contribution in [0.4, 0.5) is 5.13 Å². The van der Waals surface area contributed by atoms with Crippen LogP contribution in [-0.2, 0) is 4.74 Å². The molecule has 4 nitrogen and oxygen atoms in total. The summed E-state index contributed by atoms with van der Waals surface area (Å²) in [4.78, 5) is 7.75. The highest BCUT2D eigenvalue weighted by atomic mass is 32.1. The minimum atomic E-state index is -0.427. The summed E-state index contributed by atoms with van der Waals surface area (Å²) in [5.74, 6) is 0. The maximum atomic E-state index is 9.64. The topological polar surface area (TPSA) is 45.6 Å². The third-order valence-corrected chi connectivity index (χ3v) is 4.66. The molecule has 17 heavy (non-hydrogen) atoms. The highest BCUT2D eigenvalue weighted by Crippen LogP contribution is 2.32. The smallest absolute Gasteiger partial charge is 0.185 e. The Hall–Kier alpha value is -0.650. The molecule has 1 aromatic rings. The number of aryl methyl sites for hydroxylation is 1. The fourth-order valence-electron chi connectivity index (χ4n) is 2.16. The Labute approximate surface area is 106 Å². The van der Waals surface area contributed by atoms with E-state index >= 15 is 0 Å². The summed E-state index contributed by atoms with van der Waals surface area (Å²) in [7, 11) is 2.08. The first-order valence-corrected chi connectivity index (χ1v) is 6.87. The molecule has 1 aliphatic rings. The van der Waals surface area contributed by atoms with E-state index in [9.17, 15) is 5.11 Å². The Morgan fingerprint density at radius 1 is 1.47 bits per heavy atom. The number of aliphatic hydroxyl groups excluding tert-OH is 1. The second-order valence-electron chi connectivity index (χ2n) is 4.58. The minimum absolute atomic E-state index is 0.427. The van der Waals surface area contributed by atoms with Gasteiger partial charge in [0.15, 0.2) is 5.13 Å². The van der Waals surface area contributed by atoms with Crippen LogP contribution in [-0.4, -0.2) is 36.4 Å². The molecule has 1 saturated heterocycles. The Morgan fingerprint density at radius 3 is 2.65 bits per heavy atom. The van der Waals surface area contributed by atoms with Crippen molar-refractivity contribution in [1.82, 2.24) is 4.98 Å². The van der Waals surface area contributed by atoms with Crippen LogP contribution in [0, 0.1) is 6.92 Å². The molecule has 1 atom stereocenters. The lowest BCUT2D eigenvalue weighted by atomic mass is 10.1. The average Bonchev–Trinajstić information content (AvgIpc) is 2.71. The van der Waals surface area contributed by atoms with Crippen molar-refractivity contribution in [3.63, 3.8) is 0 Å². The molecule has 2 rings (SSSR count). The number of hydrogen-bond acceptors (Lipinski definition) is 5. The first-order valence-electron chi connectivity index (χ1n) is 6.05. The van der Waals surface area contributed by atoms with Crippen LogP contribution in [0.15, 0.2) is 0 Å². The van der Waals surface area contributed by atoms with Gasteiger partial charge < -0.3 is 14.7 Å². The van der Waals surface area contributed by atoms with Gasteiger partial charge in [0.05, 0.1) is 16.7 Å². The van der Waals surface area contributed by atoms with E-state index < -0.39 is 6.10 Å². The Balaban J connectivity index is 2.13. The molecule has 0 spiro atoms. The van der Waals surface area contributed by atoms with E-state index in [-0.39, 0.29) is 0 Å². The zero-order chi connectivity index (χ0) is 12.4. The number of rotatable bonds is 3. The van der Waals surface area contributed by atoms with Crippen LogP contribution in [0.3, 0.4) is 0 Å². The van der Waals surface area contributed by atoms with E-state index in [0.717, 1.165) is 41.8 Å². The van der Waals surface area contributed by atoms with Gasteiger partial charge in [0.2, 0.25) is 0 Å². The Morgan fingerprint density at radius 2 is 2.12 bits per heavy atom. The van der Waals surface area contributed by atoms with E-state index in [1.807, 2.05) is 6.92 Å². The van der Waals surface area contributed by atoms with Crippen LogP contribution in [0.25, 0.3) is 0 Å². The van der Waals surface area contributed by atoms with Crippen LogP contribution in [0.5, 0.6) is 0 Å². The molecule has 0 amide bonds. The molecule has 5 heteroatoms. The monoisotopic (exact) mass is 256 g/mol. The lowest BCUT2D eigenvalue weighted by molar-refractivity contribution is 0.0855. The molecule has 1 unspecified atom stereocenters. The van der Waals surface area contributed by atoms with Gasteiger partial charge in [-0.25, -0.2) is 4.98 Å². The SMILES string of the molecule is Cc1nc(N(C)C2CCOCC2)sc1C(C)O. The van der Waals surface area contributed by atoms with Crippen molar-refractivity contribution >= 4 is 16.5 Å². The van der Waals surface area contributed by atoms with Gasteiger partial charge in [0.1, 0.15) is 0 Å². The van der Waals surface area contributed by atoms with Crippen molar-refractivity contribution in [3.8, 4) is 0 Å². The summed E-state index contributed by atoms with van der Waals surface area (Å²) in [5.41, 5.74) is 0.943. The van der Waals surface area contributed by atoms with Crippen LogP contribution >= 0.6 is 11.3 Å². The van der Waals surface area contributed by atoms with Crippen LogP contribution < -0.4 is 4.90 Å². The summed E-state index contributed by atoms with van der Waals surface area (Å²) in [6.07, 6.45) is 1.68. The van der Waals surface area contributed by atoms with Crippen molar-refractivity contribution in [3.05, 3.63) is 10.6 Å². The number of aromatic nitrogens is 1. The number of nitrogens with zero attached hydrogens (tertiary/aromatic N) is 2. The normalized spacial score (nSPS) is 19.3. The lowest BCUT2D eigenvalue weighted by Crippen LogP contribution is -2.36. The fourth-order valence-corrected chi connectivity index (χ4v) is 3.20. The number of thiazole rings is 1. The van der Waals surface area contributed by atoms with E-state index in [1.165, 1.54) is 0 Å². The van der Waals surface area contributed by atoms with Gasteiger partial charge in [-0.1, -0.05) is 11.3 Å². The number of ether oxygens (including phenoxy) is 1. The number of aliphatic hydroxyl groups is 1. The zero-order valence-corrected chi connectivity index (χ0v) is 11.5. The van der Waals surface area contributed by atoms with E-state index in [0.29, 0.717) is 6.04 Å². The molecule has 1 fully saturated rings. The predicted molar refractivity (Wildman–Crippen MR) is 69.7 cm³/mol. The van der Waals surface area contributed by atoms with Crippen molar-refractivity contribution in [2.45, 2.75) is 38.8 Å². The third-order valence-electron chi connectivity index (χ3n) is 3.24. The quantitative estimate of drug-likeness (QED) is 0.900. The molecule has 0 aromatic carbocycles. The molecule has 1 aliphatic heterocycles. The van der Waals surface area contributed by atoms with E-state index in [1.54, 1.807) is 18.3 Å². The van der Waals surface area contributed by atoms with E-state index in [4.69, 9.17) is 4.74 Å². The molecule has 2 heterocycles. The molecule has 0 saturated carbocycles. The summed E-state index contributed by atoms with van der Waals surface area (Å²) in [5, 5.41) is 10.6. The van der Waals surface area contributed by atoms with Gasteiger partial charge in [-0.3, -0.25) is 0 Å². The molecule has 0 radical (unpaired) electrons. The molecular weight excluding hydrogens is 236 g/mol. The lowest BCUT2D eigenvalue weighted by Gasteiger charge is -2.30. The summed E-state index contributed by atoms with van der Waals surface area (Å²) >= 11 is 1.59. The molecule has 1 N–H and O–H groups in total. The standard InChI is InChI=1S/C12H20N2O2S/c1-8-11(9(2)15)17-12(13-8)14(3)10-4-6-16-7-5-10/h9-10,15H,4-7H2,1-3H3. The van der Waals surface area contributed by atoms with Crippen LogP contribution in [0.2, 0.25) is 0 Å². The highest BCUT2D eigenvalue weighted by Gasteiger charge is 2.22. The molecule has 0 aliphatic carbocycles. The molecular formula is C12H20N2O2S. The van der Waals surface area contributed by atoms with Crippen molar-refractivity contribution in [1.29, 1.82) is 0 Å². The van der Waals surface area contributed by atoms with Crippen LogP contribution in [0.1, 0.15) is 36.4 Å². The van der Waals surface area contributed by atoms with Gasteiger partial charge in [-0.2, -0.15) is 0 Å². The summed E-state index contributed by atoms with van der Waals surface area (Å²) in [6.45, 7) is 5.42. The first kappa shape index (κ1) is 12.8. The second kappa shape index (κ2) is 5.33. The Kier molecular flexibility index (Phi) is 4.01. The molecule has 0 bridgehead atoms. The Bertz CT molecular complexity index is 373. The zero-order valence-electron chi connectivity index (χ0n) is 10.6. The summed E-state index contributed by atoms with van der Waals surface area (Å²) < 4.78 is 5.37. The number of hydrogen-bond donors (Lipinski definition) is 1. The van der Waals surface area contributed by atoms with Gasteiger partial charge in [-0.05, 0) is 26.7 Å². The molecule has 96 valence electrons. The minimum Gasteiger partial charge on any atom is -0.388 e. The number of anilines is 1. The first-order chi connectivity index (χ1) is 8.09. The van der Waals surface area contributed by atoms with Crippen molar-refractivity contribution < 1.29 is 9.84 Å². The average molecular weight is 256 g/mol. The van der Waals surface area contributed by atoms with Gasteiger partial charge in [0, 0.05) is 26.3 Å². The van der Waals surface area contributed by atoms with E-state index in [2.05, 4.69) is 16.9 Å². The van der Waals surface area contributed by atoms with Gasteiger partial charge in [-0.15, -0.1) is 0 Å². The maximum absolute atomic E-state index is 9.64. The third kappa shape index (κ3) is 2.78. The van der Waals surface area contributed by atoms with Gasteiger partial charge in [0.25, 0.3) is 0 Å². The maximum Gasteiger partial charge on any atom is 0.185 e. The molecule has 1 aromatic heterocycles. The second-order valence-corrected chi connectivity index (χ2v) is 5.59. The van der Waals surface area contributed by atoms with Gasteiger partial charge >= 0.3 is 0 Å². The van der Waals surface area contributed by atoms with Crippen molar-refractivity contribution in [2.24, 2.45) is 0 Å². The summed E-state index contributed by atoms with van der Waals surface area (Å²) in [6, 6.07) is 0.510. The fraction of sp³-hybridized carbons (Fsp3) is 0.750.